The Morgan fingerprint density at radius 1 is 1.19 bits per heavy atom. The van der Waals surface area contributed by atoms with Gasteiger partial charge >= 0.3 is 23.5 Å². The van der Waals surface area contributed by atoms with Crippen LogP contribution < -0.4 is 5.73 Å². The van der Waals surface area contributed by atoms with Gasteiger partial charge in [-0.05, 0) is 0 Å². The fraction of sp³-hybridized carbons (Fsp3) is 0.500. The second kappa shape index (κ2) is 8.19. The number of aliphatic hydroxyl groups is 1. The molecule has 0 aliphatic carbocycles. The predicted molar refractivity (Wildman–Crippen MR) is 94.1 cm³/mol. The summed E-state index contributed by atoms with van der Waals surface area (Å²) < 4.78 is 66.3. The summed E-state index contributed by atoms with van der Waals surface area (Å²) in [6.07, 6.45) is -1.88. The second-order valence-corrected chi connectivity index (χ2v) is 10.5. The van der Waals surface area contributed by atoms with Gasteiger partial charge in [-0.1, -0.05) is 0 Å². The molecule has 0 amide bonds. The first kappa shape index (κ1) is 24.3. The smallest absolute Gasteiger partial charge is 0.390 e. The summed E-state index contributed by atoms with van der Waals surface area (Å²) in [5.74, 6) is -2.78. The van der Waals surface area contributed by atoms with E-state index in [9.17, 15) is 23.7 Å². The van der Waals surface area contributed by atoms with Crippen LogP contribution in [0.5, 0.6) is 0 Å². The molecule has 0 saturated carbocycles. The minimum atomic E-state index is -5.73. The summed E-state index contributed by atoms with van der Waals surface area (Å²) in [6.45, 7) is -1.04. The van der Waals surface area contributed by atoms with Crippen LogP contribution >= 0.6 is 23.5 Å². The zero-order valence-corrected chi connectivity index (χ0v) is 17.6. The molecule has 2 aromatic rings. The van der Waals surface area contributed by atoms with Crippen molar-refractivity contribution in [1.29, 1.82) is 0 Å². The van der Waals surface area contributed by atoms with Crippen molar-refractivity contribution in [2.75, 3.05) is 12.3 Å². The molecule has 1 aliphatic rings. The monoisotopic (exact) mass is 509 g/mol. The first-order valence-corrected chi connectivity index (χ1v) is 12.4. The topological polar surface area (TPSA) is 259 Å². The van der Waals surface area contributed by atoms with E-state index in [2.05, 4.69) is 28.1 Å². The largest absolute Gasteiger partial charge is 0.490 e. The molecule has 174 valence electrons. The van der Waals surface area contributed by atoms with Crippen molar-refractivity contribution in [3.63, 3.8) is 0 Å². The summed E-state index contributed by atoms with van der Waals surface area (Å²) in [7, 11) is -16.8. The zero-order chi connectivity index (χ0) is 23.2. The number of rotatable bonds is 8. The number of nitrogens with zero attached hydrogens (tertiary/aromatic N) is 4. The number of hydrogen-bond acceptors (Lipinski definition) is 12. The third-order valence-electron chi connectivity index (χ3n) is 3.76. The number of fused-ring (bicyclic) bond motifs is 1. The second-order valence-electron chi connectivity index (χ2n) is 6.05. The SMILES string of the molecule is Nc1ncnc2c1ncn2[C@@]1(F)C[C@H](O)[C@@H](COP(=O)(O)OP(=O)(O)OP(=O)(O)O)O1. The molecule has 1 fully saturated rings. The van der Waals surface area contributed by atoms with Crippen molar-refractivity contribution >= 4 is 40.4 Å². The molecule has 7 N–H and O–H groups in total. The molecule has 2 unspecified atom stereocenters. The number of imidazole rings is 1. The Morgan fingerprint density at radius 3 is 2.52 bits per heavy atom. The molecule has 21 heteroatoms. The number of nitrogen functional groups attached to an aromatic ring is 1. The number of nitrogens with two attached hydrogens (primary N) is 1. The average Bonchev–Trinajstić information content (AvgIpc) is 3.12. The minimum absolute atomic E-state index is 0.0462. The Balaban J connectivity index is 1.70. The summed E-state index contributed by atoms with van der Waals surface area (Å²) in [5, 5.41) is 10.1. The van der Waals surface area contributed by atoms with Crippen LogP contribution in [0.2, 0.25) is 0 Å². The molecule has 0 spiro atoms. The van der Waals surface area contributed by atoms with Gasteiger partial charge in [-0.2, -0.15) is 13.0 Å². The van der Waals surface area contributed by atoms with Crippen LogP contribution in [0.25, 0.3) is 11.2 Å². The van der Waals surface area contributed by atoms with Crippen molar-refractivity contribution < 1.29 is 60.6 Å². The standard InChI is InChI=1S/C10H15FN5O12P3/c11-10(16-4-15-7-8(12)13-3-14-9(7)16)1-5(17)6(26-10)2-25-30(21,22)28-31(23,24)27-29(18,19)20/h3-6,17H,1-2H2,(H,21,22)(H,23,24)(H2,12,13,14)(H2,18,19,20)/t5-,6+,10-/m0/s1. The zero-order valence-electron chi connectivity index (χ0n) is 14.9. The van der Waals surface area contributed by atoms with Gasteiger partial charge in [0.25, 0.3) is 5.98 Å². The number of hydrogen-bond donors (Lipinski definition) is 6. The summed E-state index contributed by atoms with van der Waals surface area (Å²) in [4.78, 5) is 46.9. The molecule has 3 rings (SSSR count). The van der Waals surface area contributed by atoms with Gasteiger partial charge in [-0.25, -0.2) is 28.6 Å². The van der Waals surface area contributed by atoms with E-state index in [0.29, 0.717) is 0 Å². The third kappa shape index (κ3) is 5.70. The quantitative estimate of drug-likeness (QED) is 0.245. The number of alkyl halides is 1. The highest BCUT2D eigenvalue weighted by molar-refractivity contribution is 7.66. The maximum absolute atomic E-state index is 15.3. The minimum Gasteiger partial charge on any atom is -0.390 e. The molecule has 5 atom stereocenters. The molecule has 0 radical (unpaired) electrons. The van der Waals surface area contributed by atoms with Crippen LogP contribution in [0.3, 0.4) is 0 Å². The molecule has 31 heavy (non-hydrogen) atoms. The van der Waals surface area contributed by atoms with E-state index in [1.165, 1.54) is 0 Å². The molecule has 2 aromatic heterocycles. The summed E-state index contributed by atoms with van der Waals surface area (Å²) in [5.41, 5.74) is 5.59. The number of halogens is 1. The normalized spacial score (nSPS) is 28.5. The van der Waals surface area contributed by atoms with Crippen molar-refractivity contribution in [2.24, 2.45) is 0 Å². The fourth-order valence-corrected chi connectivity index (χ4v) is 5.65. The Labute approximate surface area is 171 Å². The first-order chi connectivity index (χ1) is 14.1. The van der Waals surface area contributed by atoms with Crippen LogP contribution in [-0.4, -0.2) is 63.0 Å². The predicted octanol–water partition coefficient (Wildman–Crippen LogP) is -0.519. The highest BCUT2D eigenvalue weighted by Crippen LogP contribution is 2.66. The van der Waals surface area contributed by atoms with Gasteiger partial charge in [0.2, 0.25) is 0 Å². The maximum atomic E-state index is 15.3. The van der Waals surface area contributed by atoms with Crippen LogP contribution in [-0.2, 0) is 37.6 Å². The maximum Gasteiger partial charge on any atom is 0.490 e. The van der Waals surface area contributed by atoms with Gasteiger partial charge in [0.05, 0.1) is 19.1 Å². The number of phosphoric ester groups is 1. The van der Waals surface area contributed by atoms with Crippen molar-refractivity contribution in [1.82, 2.24) is 19.5 Å². The van der Waals surface area contributed by atoms with E-state index >= 15 is 4.39 Å². The average molecular weight is 509 g/mol. The lowest BCUT2D eigenvalue weighted by Gasteiger charge is -2.22. The lowest BCUT2D eigenvalue weighted by atomic mass is 10.2. The van der Waals surface area contributed by atoms with E-state index in [4.69, 9.17) is 25.2 Å². The molecule has 0 bridgehead atoms. The van der Waals surface area contributed by atoms with Crippen LogP contribution in [0, 0.1) is 0 Å². The highest BCUT2D eigenvalue weighted by Gasteiger charge is 2.50. The number of aromatic nitrogens is 4. The third-order valence-corrected chi connectivity index (χ3v) is 7.56. The molecule has 0 aromatic carbocycles. The lowest BCUT2D eigenvalue weighted by Crippen LogP contribution is -2.30. The number of aliphatic hydroxyl groups excluding tert-OH is 1. The molecule has 1 aliphatic heterocycles. The Kier molecular flexibility index (Phi) is 6.41. The van der Waals surface area contributed by atoms with Gasteiger partial charge in [-0.15, -0.1) is 0 Å². The molecular formula is C10H15FN5O12P3. The molecule has 3 heterocycles. The van der Waals surface area contributed by atoms with Crippen molar-refractivity contribution in [3.8, 4) is 0 Å². The van der Waals surface area contributed by atoms with E-state index in [1.54, 1.807) is 0 Å². The molecule has 1 saturated heterocycles. The Bertz CT molecular complexity index is 1130. The van der Waals surface area contributed by atoms with Gasteiger partial charge < -0.3 is 35.2 Å². The summed E-state index contributed by atoms with van der Waals surface area (Å²) in [6, 6.07) is 0. The lowest BCUT2D eigenvalue weighted by molar-refractivity contribution is -0.199. The Morgan fingerprint density at radius 2 is 1.87 bits per heavy atom. The highest BCUT2D eigenvalue weighted by atomic mass is 31.3. The van der Waals surface area contributed by atoms with E-state index < -0.39 is 54.7 Å². The van der Waals surface area contributed by atoms with Crippen LogP contribution in [0.4, 0.5) is 10.2 Å². The Hall–Kier alpha value is -1.39. The van der Waals surface area contributed by atoms with E-state index in [0.717, 1.165) is 17.2 Å². The van der Waals surface area contributed by atoms with Crippen LogP contribution in [0.1, 0.15) is 6.42 Å². The summed E-state index contributed by atoms with van der Waals surface area (Å²) >= 11 is 0. The van der Waals surface area contributed by atoms with Gasteiger partial charge in [0.15, 0.2) is 11.5 Å². The van der Waals surface area contributed by atoms with Crippen molar-refractivity contribution in [2.45, 2.75) is 24.6 Å². The fourth-order valence-electron chi connectivity index (χ4n) is 2.62. The number of ether oxygens (including phenoxy) is 1. The van der Waals surface area contributed by atoms with Gasteiger partial charge in [0, 0.05) is 0 Å². The van der Waals surface area contributed by atoms with E-state index in [1.807, 2.05) is 0 Å². The first-order valence-electron chi connectivity index (χ1n) is 7.88. The van der Waals surface area contributed by atoms with Gasteiger partial charge in [-0.3, -0.25) is 9.09 Å². The number of phosphoric acid groups is 3. The van der Waals surface area contributed by atoms with Gasteiger partial charge in [0.1, 0.15) is 24.3 Å². The van der Waals surface area contributed by atoms with Crippen LogP contribution in [0.15, 0.2) is 12.7 Å². The van der Waals surface area contributed by atoms with E-state index in [-0.39, 0.29) is 17.0 Å². The van der Waals surface area contributed by atoms with Crippen molar-refractivity contribution in [3.05, 3.63) is 12.7 Å². The molecular weight excluding hydrogens is 494 g/mol. The molecule has 17 nitrogen and oxygen atoms in total. The number of anilines is 1.